The summed E-state index contributed by atoms with van der Waals surface area (Å²) in [7, 11) is 3.60. The van der Waals surface area contributed by atoms with Crippen LogP contribution in [0.25, 0.3) is 0 Å². The summed E-state index contributed by atoms with van der Waals surface area (Å²) in [5.74, 6) is 0. The van der Waals surface area contributed by atoms with Gasteiger partial charge in [0.15, 0.2) is 0 Å². The van der Waals surface area contributed by atoms with Crippen molar-refractivity contribution in [3.63, 3.8) is 0 Å². The van der Waals surface area contributed by atoms with E-state index in [1.165, 1.54) is 11.1 Å². The van der Waals surface area contributed by atoms with Gasteiger partial charge in [-0.25, -0.2) is 0 Å². The maximum atomic E-state index is 8.98. The molecule has 0 spiro atoms. The molecule has 15 heavy (non-hydrogen) atoms. The molecule has 0 aliphatic heterocycles. The van der Waals surface area contributed by atoms with Gasteiger partial charge in [0.1, 0.15) is 0 Å². The Kier molecular flexibility index (Phi) is 5.32. The van der Waals surface area contributed by atoms with E-state index in [0.29, 0.717) is 6.61 Å². The molecule has 0 heterocycles. The molecule has 0 saturated carbocycles. The Balaban J connectivity index is 2.88. The third-order valence-electron chi connectivity index (χ3n) is 2.50. The Bertz CT molecular complexity index is 289. The number of aliphatic hydroxyl groups excluding tert-OH is 1. The van der Waals surface area contributed by atoms with Gasteiger partial charge < -0.3 is 15.2 Å². The molecule has 1 aromatic carbocycles. The van der Waals surface area contributed by atoms with Crippen LogP contribution in [0.15, 0.2) is 24.3 Å². The average molecular weight is 209 g/mol. The van der Waals surface area contributed by atoms with Gasteiger partial charge in [0.2, 0.25) is 0 Å². The summed E-state index contributed by atoms with van der Waals surface area (Å²) >= 11 is 0. The topological polar surface area (TPSA) is 41.5 Å². The first kappa shape index (κ1) is 12.2. The Hall–Kier alpha value is -0.900. The third kappa shape index (κ3) is 3.30. The molecule has 0 radical (unpaired) electrons. The first-order valence-electron chi connectivity index (χ1n) is 5.18. The third-order valence-corrected chi connectivity index (χ3v) is 2.50. The van der Waals surface area contributed by atoms with Crippen molar-refractivity contribution in [3.8, 4) is 0 Å². The number of aliphatic hydroxyl groups is 1. The van der Waals surface area contributed by atoms with Crippen LogP contribution in [-0.4, -0.2) is 25.9 Å². The molecule has 0 aromatic heterocycles. The van der Waals surface area contributed by atoms with E-state index in [0.717, 1.165) is 6.42 Å². The van der Waals surface area contributed by atoms with E-state index in [1.54, 1.807) is 7.11 Å². The van der Waals surface area contributed by atoms with Crippen molar-refractivity contribution in [1.29, 1.82) is 0 Å². The van der Waals surface area contributed by atoms with Crippen LogP contribution >= 0.6 is 0 Å². The Morgan fingerprint density at radius 3 is 2.73 bits per heavy atom. The zero-order chi connectivity index (χ0) is 11.1. The van der Waals surface area contributed by atoms with Crippen molar-refractivity contribution in [2.75, 3.05) is 20.8 Å². The molecule has 1 aromatic rings. The summed E-state index contributed by atoms with van der Waals surface area (Å²) in [4.78, 5) is 0. The van der Waals surface area contributed by atoms with Crippen LogP contribution in [-0.2, 0) is 11.3 Å². The van der Waals surface area contributed by atoms with E-state index < -0.39 is 0 Å². The first-order chi connectivity index (χ1) is 7.33. The number of nitrogens with one attached hydrogen (secondary N) is 1. The number of ether oxygens (including phenoxy) is 1. The zero-order valence-electron chi connectivity index (χ0n) is 9.36. The monoisotopic (exact) mass is 209 g/mol. The number of rotatable bonds is 6. The minimum absolute atomic E-state index is 0.187. The molecule has 0 bridgehead atoms. The molecule has 0 fully saturated rings. The van der Waals surface area contributed by atoms with Crippen molar-refractivity contribution in [2.24, 2.45) is 0 Å². The van der Waals surface area contributed by atoms with Crippen molar-refractivity contribution in [3.05, 3.63) is 35.4 Å². The smallest absolute Gasteiger partial charge is 0.0716 e. The fourth-order valence-corrected chi connectivity index (χ4v) is 1.75. The van der Waals surface area contributed by atoms with E-state index in [9.17, 15) is 0 Å². The Morgan fingerprint density at radius 2 is 2.13 bits per heavy atom. The van der Waals surface area contributed by atoms with E-state index in [4.69, 9.17) is 9.84 Å². The van der Waals surface area contributed by atoms with Gasteiger partial charge >= 0.3 is 0 Å². The molecular formula is C12H19NO2. The summed E-state index contributed by atoms with van der Waals surface area (Å²) in [6.45, 7) is 0.798. The highest BCUT2D eigenvalue weighted by molar-refractivity contribution is 5.29. The normalized spacial score (nSPS) is 12.7. The highest BCUT2D eigenvalue weighted by atomic mass is 16.5. The highest BCUT2D eigenvalue weighted by Crippen LogP contribution is 2.20. The Labute approximate surface area is 91.1 Å². The fraction of sp³-hybridized carbons (Fsp3) is 0.500. The van der Waals surface area contributed by atoms with Crippen LogP contribution in [0.2, 0.25) is 0 Å². The lowest BCUT2D eigenvalue weighted by molar-refractivity contribution is 0.183. The van der Waals surface area contributed by atoms with Gasteiger partial charge in [0.25, 0.3) is 0 Å². The van der Waals surface area contributed by atoms with Crippen LogP contribution in [0.4, 0.5) is 0 Å². The molecule has 2 N–H and O–H groups in total. The summed E-state index contributed by atoms with van der Waals surface area (Å²) in [6.07, 6.45) is 0.719. The molecule has 0 aliphatic carbocycles. The second kappa shape index (κ2) is 6.56. The molecule has 0 amide bonds. The lowest BCUT2D eigenvalue weighted by Gasteiger charge is -2.18. The van der Waals surface area contributed by atoms with Crippen LogP contribution in [0.1, 0.15) is 23.6 Å². The summed E-state index contributed by atoms with van der Waals surface area (Å²) in [5.41, 5.74) is 2.38. The zero-order valence-corrected chi connectivity index (χ0v) is 9.36. The van der Waals surface area contributed by atoms with Crippen LogP contribution in [0.3, 0.4) is 0 Å². The SMILES string of the molecule is CNC(CCO)c1ccccc1COC. The van der Waals surface area contributed by atoms with Crippen LogP contribution in [0.5, 0.6) is 0 Å². The largest absolute Gasteiger partial charge is 0.396 e. The van der Waals surface area contributed by atoms with E-state index in [-0.39, 0.29) is 12.6 Å². The number of hydrogen-bond acceptors (Lipinski definition) is 3. The molecule has 84 valence electrons. The first-order valence-corrected chi connectivity index (χ1v) is 5.18. The van der Waals surface area contributed by atoms with Crippen LogP contribution < -0.4 is 5.32 Å². The van der Waals surface area contributed by atoms with Crippen molar-refractivity contribution < 1.29 is 9.84 Å². The van der Waals surface area contributed by atoms with Crippen molar-refractivity contribution in [1.82, 2.24) is 5.32 Å². The molecule has 1 rings (SSSR count). The van der Waals surface area contributed by atoms with E-state index >= 15 is 0 Å². The average Bonchev–Trinajstić information content (AvgIpc) is 2.27. The van der Waals surface area contributed by atoms with Gasteiger partial charge in [-0.1, -0.05) is 24.3 Å². The molecule has 0 saturated heterocycles. The second-order valence-corrected chi connectivity index (χ2v) is 3.49. The van der Waals surface area contributed by atoms with Gasteiger partial charge in [-0.15, -0.1) is 0 Å². The Morgan fingerprint density at radius 1 is 1.40 bits per heavy atom. The number of benzene rings is 1. The predicted octanol–water partition coefficient (Wildman–Crippen LogP) is 1.48. The summed E-state index contributed by atoms with van der Waals surface area (Å²) in [5, 5.41) is 12.2. The van der Waals surface area contributed by atoms with Gasteiger partial charge in [-0.3, -0.25) is 0 Å². The fourth-order valence-electron chi connectivity index (χ4n) is 1.75. The van der Waals surface area contributed by atoms with Gasteiger partial charge in [-0.2, -0.15) is 0 Å². The predicted molar refractivity (Wildman–Crippen MR) is 60.7 cm³/mol. The minimum atomic E-state index is 0.187. The minimum Gasteiger partial charge on any atom is -0.396 e. The second-order valence-electron chi connectivity index (χ2n) is 3.49. The van der Waals surface area contributed by atoms with Gasteiger partial charge in [-0.05, 0) is 24.6 Å². The van der Waals surface area contributed by atoms with Crippen LogP contribution in [0, 0.1) is 0 Å². The maximum absolute atomic E-state index is 8.98. The molecular weight excluding hydrogens is 190 g/mol. The molecule has 3 nitrogen and oxygen atoms in total. The lowest BCUT2D eigenvalue weighted by atomic mass is 9.99. The van der Waals surface area contributed by atoms with E-state index in [2.05, 4.69) is 17.4 Å². The standard InChI is InChI=1S/C12H19NO2/c1-13-12(7-8-14)11-6-4-3-5-10(11)9-15-2/h3-6,12-14H,7-9H2,1-2H3. The lowest BCUT2D eigenvalue weighted by Crippen LogP contribution is -2.19. The molecule has 1 atom stereocenters. The van der Waals surface area contributed by atoms with Crippen molar-refractivity contribution in [2.45, 2.75) is 19.1 Å². The van der Waals surface area contributed by atoms with Gasteiger partial charge in [0.05, 0.1) is 6.61 Å². The molecule has 1 unspecified atom stereocenters. The summed E-state index contributed by atoms with van der Waals surface area (Å²) in [6, 6.07) is 8.34. The molecule has 0 aliphatic rings. The molecule has 3 heteroatoms. The summed E-state index contributed by atoms with van der Waals surface area (Å²) < 4.78 is 5.15. The van der Waals surface area contributed by atoms with Crippen molar-refractivity contribution >= 4 is 0 Å². The highest BCUT2D eigenvalue weighted by Gasteiger charge is 2.11. The quantitative estimate of drug-likeness (QED) is 0.745. The van der Waals surface area contributed by atoms with E-state index in [1.807, 2.05) is 19.2 Å². The number of hydrogen-bond donors (Lipinski definition) is 2. The maximum Gasteiger partial charge on any atom is 0.0716 e. The number of methoxy groups -OCH3 is 1. The van der Waals surface area contributed by atoms with Gasteiger partial charge in [0, 0.05) is 19.8 Å².